The first-order valence-corrected chi connectivity index (χ1v) is 26.0. The molecule has 3 aliphatic rings. The van der Waals surface area contributed by atoms with E-state index in [1.807, 2.05) is 49.4 Å². The van der Waals surface area contributed by atoms with E-state index in [2.05, 4.69) is 13.8 Å². The number of methoxy groups -OCH3 is 1. The van der Waals surface area contributed by atoms with Crippen molar-refractivity contribution < 1.29 is 61.9 Å². The van der Waals surface area contributed by atoms with Gasteiger partial charge in [0, 0.05) is 26.0 Å². The third kappa shape index (κ3) is 16.8. The van der Waals surface area contributed by atoms with Gasteiger partial charge in [-0.15, -0.1) is 11.6 Å². The number of nitrogens with two attached hydrogens (primary N) is 1. The summed E-state index contributed by atoms with van der Waals surface area (Å²) in [7, 11) is -1.52. The smallest absolute Gasteiger partial charge is 0.427 e. The van der Waals surface area contributed by atoms with Gasteiger partial charge in [0.2, 0.25) is 5.91 Å². The molecule has 3 atom stereocenters. The molecule has 2 fully saturated rings. The minimum atomic E-state index is -3.10. The topological polar surface area (TPSA) is 216 Å². The predicted octanol–water partition coefficient (Wildman–Crippen LogP) is 9.86. The molecule has 4 N–H and O–H groups in total. The number of hydrogen-bond donors (Lipinski definition) is 3. The highest BCUT2D eigenvalue weighted by atomic mass is 35.5. The number of imide groups is 1. The van der Waals surface area contributed by atoms with Gasteiger partial charge in [-0.1, -0.05) is 79.0 Å². The second-order valence-corrected chi connectivity index (χ2v) is 20.6. The molecule has 380 valence electrons. The molecular weight excluding hydrogens is 1000 g/mol. The Morgan fingerprint density at radius 3 is 2.13 bits per heavy atom. The maximum Gasteiger partial charge on any atom is 0.427 e. The summed E-state index contributed by atoms with van der Waals surface area (Å²) in [5.41, 5.74) is 9.36. The van der Waals surface area contributed by atoms with Gasteiger partial charge in [0.25, 0.3) is 5.91 Å². The number of carbonyl (C=O) groups is 5. The van der Waals surface area contributed by atoms with E-state index in [4.69, 9.17) is 81.1 Å². The largest absolute Gasteiger partial charge is 0.489 e. The summed E-state index contributed by atoms with van der Waals surface area (Å²) in [6.07, 6.45) is 4.75. The minimum absolute atomic E-state index is 0.00962. The van der Waals surface area contributed by atoms with Crippen molar-refractivity contribution in [1.82, 2.24) is 0 Å². The summed E-state index contributed by atoms with van der Waals surface area (Å²) >= 11 is 23.0. The van der Waals surface area contributed by atoms with Crippen molar-refractivity contribution in [1.29, 1.82) is 0 Å². The lowest BCUT2D eigenvalue weighted by atomic mass is 10.0. The molecule has 0 radical (unpaired) electrons. The molecule has 4 amide bonds. The number of halogens is 5. The molecule has 1 saturated heterocycles. The van der Waals surface area contributed by atoms with Crippen LogP contribution < -0.4 is 29.9 Å². The monoisotopic (exact) mass is 1060 g/mol. The van der Waals surface area contributed by atoms with Crippen LogP contribution in [0.4, 0.5) is 26.2 Å². The Labute approximate surface area is 422 Å². The molecule has 6 rings (SSSR count). The Balaban J connectivity index is 0.000000253. The predicted molar refractivity (Wildman–Crippen MR) is 267 cm³/mol. The van der Waals surface area contributed by atoms with Crippen LogP contribution in [-0.2, 0) is 46.1 Å². The van der Waals surface area contributed by atoms with E-state index >= 15 is 0 Å². The fraction of sp³-hybridized carbons (Fsp3) is 0.468. The number of carbonyl (C=O) groups excluding carboxylic acids is 4. The van der Waals surface area contributed by atoms with Gasteiger partial charge in [0.1, 0.15) is 42.6 Å². The highest BCUT2D eigenvalue weighted by Gasteiger charge is 2.40. The molecule has 1 saturated carbocycles. The van der Waals surface area contributed by atoms with Gasteiger partial charge in [-0.3, -0.25) is 28.6 Å². The van der Waals surface area contributed by atoms with Gasteiger partial charge >= 0.3 is 18.0 Å². The summed E-state index contributed by atoms with van der Waals surface area (Å²) in [6.45, 7) is 11.2. The molecule has 0 aromatic heterocycles. The second-order valence-electron chi connectivity index (χ2n) is 16.2. The molecule has 2 aliphatic heterocycles. The van der Waals surface area contributed by atoms with Gasteiger partial charge in [-0.25, -0.2) is 14.1 Å². The Kier molecular flexibility index (Phi) is 23.7. The molecule has 22 heteroatoms. The number of allylic oxidation sites excluding steroid dienone is 1. The van der Waals surface area contributed by atoms with E-state index in [1.165, 1.54) is 12.7 Å². The third-order valence-electron chi connectivity index (χ3n) is 10.6. The van der Waals surface area contributed by atoms with Crippen LogP contribution in [0.2, 0.25) is 5.02 Å². The van der Waals surface area contributed by atoms with Crippen LogP contribution >= 0.6 is 53.8 Å². The van der Waals surface area contributed by atoms with Crippen molar-refractivity contribution in [2.24, 2.45) is 5.73 Å². The van der Waals surface area contributed by atoms with Crippen LogP contribution in [-0.4, -0.2) is 102 Å². The fourth-order valence-electron chi connectivity index (χ4n) is 7.12. The Hall–Kier alpha value is -4.45. The lowest BCUT2D eigenvalue weighted by molar-refractivity contribution is -0.138. The van der Waals surface area contributed by atoms with Crippen LogP contribution in [0.1, 0.15) is 77.8 Å². The number of alkyl halides is 3. The molecular formula is C47H60Cl4FN4O12P. The molecule has 0 spiro atoms. The molecule has 3 aromatic rings. The van der Waals surface area contributed by atoms with Crippen LogP contribution in [0, 0.1) is 5.82 Å². The molecule has 3 aromatic carbocycles. The number of benzene rings is 3. The summed E-state index contributed by atoms with van der Waals surface area (Å²) in [6, 6.07) is 14.7. The molecule has 69 heavy (non-hydrogen) atoms. The van der Waals surface area contributed by atoms with E-state index in [1.54, 1.807) is 30.8 Å². The number of amides is 4. The minimum Gasteiger partial charge on any atom is -0.489 e. The number of nitrogens with zero attached hydrogens (tertiary/aromatic N) is 3. The van der Waals surface area contributed by atoms with Crippen LogP contribution in [0.3, 0.4) is 0 Å². The zero-order chi connectivity index (χ0) is 51.7. The number of aryl methyl sites for hydroxylation is 2. The zero-order valence-corrected chi connectivity index (χ0v) is 43.4. The summed E-state index contributed by atoms with van der Waals surface area (Å²) in [5.74, 6) is -2.27. The number of fused-ring (bicyclic) bond motifs is 1. The normalized spacial score (nSPS) is 16.6. The number of cyclic esters (lactones) is 1. The molecule has 0 bridgehead atoms. The first-order valence-electron chi connectivity index (χ1n) is 22.0. The summed E-state index contributed by atoms with van der Waals surface area (Å²) in [4.78, 5) is 69.9. The zero-order valence-electron chi connectivity index (χ0n) is 39.5. The molecule has 3 unspecified atom stereocenters. The SMILES string of the molecule is CC(C)=C1OC(=O)N(c2cc(OC3CCCC3)c(Cl)cc2F)C1=O.CC1COc2ccccc2N1C(=O)C(Cl)Cl.CCc1cccc(CC)c1N(COC)C(=O)CCl.CP(=O)(O)CCC(N)C(=O)O. The Bertz CT molecular complexity index is 2340. The van der Waals surface area contributed by atoms with Gasteiger partial charge < -0.3 is 39.6 Å². The van der Waals surface area contributed by atoms with Crippen molar-refractivity contribution in [2.45, 2.75) is 103 Å². The van der Waals surface area contributed by atoms with Gasteiger partial charge in [0.05, 0.1) is 34.2 Å². The summed E-state index contributed by atoms with van der Waals surface area (Å²) in [5, 5.41) is 8.38. The van der Waals surface area contributed by atoms with Gasteiger partial charge in [-0.2, -0.15) is 0 Å². The standard InChI is InChI=1S/C17H17ClFNO4.C14H20ClNO2.C11H11Cl2NO2.C5H12NO4P/c1-9(2)15-16(21)20(17(22)24-15)13-8-14(11(18)7-12(13)19)23-10-5-3-4-6-10;1-4-11-7-6-8-12(5-2)14(11)16(10-18-3)13(17)9-15;1-7-6-16-9-5-3-2-4-8(9)14(7)11(15)10(12)13;1-11(9,10)3-2-4(6)5(7)8/h7-8,10H,3-6H2,1-2H3;6-8H,4-5,9-10H2,1-3H3;2-5,7,10H,6H2,1H3;4H,2-3,6H2,1H3,(H,7,8)(H,9,10). The molecule has 2 heterocycles. The van der Waals surface area contributed by atoms with E-state index in [-0.39, 0.29) is 71.4 Å². The van der Waals surface area contributed by atoms with E-state index in [9.17, 15) is 32.9 Å². The van der Waals surface area contributed by atoms with Crippen molar-refractivity contribution in [2.75, 3.05) is 53.9 Å². The van der Waals surface area contributed by atoms with E-state index < -0.39 is 42.0 Å². The average Bonchev–Trinajstić information content (AvgIpc) is 3.94. The summed E-state index contributed by atoms with van der Waals surface area (Å²) < 4.78 is 46.3. The Morgan fingerprint density at radius 1 is 1.01 bits per heavy atom. The van der Waals surface area contributed by atoms with Gasteiger partial charge in [0.15, 0.2) is 18.0 Å². The lowest BCUT2D eigenvalue weighted by Crippen LogP contribution is -2.47. The molecule has 1 aliphatic carbocycles. The number of carboxylic acid groups (broad SMARTS) is 1. The molecule has 16 nitrogen and oxygen atoms in total. The van der Waals surface area contributed by atoms with Crippen molar-refractivity contribution in [3.63, 3.8) is 0 Å². The first kappa shape index (κ1) is 58.9. The van der Waals surface area contributed by atoms with E-state index in [0.29, 0.717) is 22.8 Å². The van der Waals surface area contributed by atoms with Crippen LogP contribution in [0.5, 0.6) is 11.5 Å². The van der Waals surface area contributed by atoms with Gasteiger partial charge in [-0.05, 0) is 101 Å². The quantitative estimate of drug-likeness (QED) is 0.0594. The maximum atomic E-state index is 14.3. The number of ether oxygens (including phenoxy) is 4. The van der Waals surface area contributed by atoms with Crippen molar-refractivity contribution >= 4 is 101 Å². The number of rotatable bonds is 14. The second kappa shape index (κ2) is 27.8. The Morgan fingerprint density at radius 2 is 1.62 bits per heavy atom. The number of carboxylic acids is 1. The third-order valence-corrected chi connectivity index (χ3v) is 12.6. The van der Waals surface area contributed by atoms with Crippen molar-refractivity contribution in [3.05, 3.63) is 87.9 Å². The number of anilines is 3. The first-order chi connectivity index (χ1) is 32.5. The average molecular weight is 1060 g/mol. The van der Waals surface area contributed by atoms with E-state index in [0.717, 1.165) is 67.1 Å². The lowest BCUT2D eigenvalue weighted by Gasteiger charge is -2.35. The highest BCUT2D eigenvalue weighted by Crippen LogP contribution is 2.39. The maximum absolute atomic E-state index is 14.3. The fourth-order valence-corrected chi connectivity index (χ4v) is 8.43. The number of para-hydroxylation sites is 3. The number of aliphatic carboxylic acids is 1. The highest BCUT2D eigenvalue weighted by molar-refractivity contribution is 7.57. The van der Waals surface area contributed by atoms with Crippen LogP contribution in [0.25, 0.3) is 0 Å². The van der Waals surface area contributed by atoms with Crippen LogP contribution in [0.15, 0.2) is 65.9 Å². The number of hydrogen-bond acceptors (Lipinski definition) is 11. The van der Waals surface area contributed by atoms with Crippen molar-refractivity contribution in [3.8, 4) is 11.5 Å².